The molecule has 0 aliphatic carbocycles. The molecule has 1 aromatic carbocycles. The summed E-state index contributed by atoms with van der Waals surface area (Å²) in [5, 5.41) is 3.16. The van der Waals surface area contributed by atoms with Gasteiger partial charge >= 0.3 is 0 Å². The second-order valence-electron chi connectivity index (χ2n) is 7.11. The van der Waals surface area contributed by atoms with Gasteiger partial charge in [-0.15, -0.1) is 0 Å². The Kier molecular flexibility index (Phi) is 6.34. The van der Waals surface area contributed by atoms with Gasteiger partial charge in [-0.05, 0) is 18.9 Å². The molecule has 1 fully saturated rings. The van der Waals surface area contributed by atoms with Crippen LogP contribution in [0.25, 0.3) is 0 Å². The predicted octanol–water partition coefficient (Wildman–Crippen LogP) is 2.28. The molecule has 2 heterocycles. The van der Waals surface area contributed by atoms with Crippen molar-refractivity contribution < 1.29 is 14.3 Å². The van der Waals surface area contributed by atoms with E-state index in [0.29, 0.717) is 18.7 Å². The van der Waals surface area contributed by atoms with Crippen molar-refractivity contribution in [3.05, 3.63) is 48.0 Å². The van der Waals surface area contributed by atoms with Gasteiger partial charge < -0.3 is 19.5 Å². The van der Waals surface area contributed by atoms with E-state index >= 15 is 0 Å². The number of likely N-dealkylation sites (tertiary alicyclic amines) is 1. The van der Waals surface area contributed by atoms with Crippen molar-refractivity contribution in [1.82, 2.24) is 19.8 Å². The Morgan fingerprint density at radius 1 is 1.36 bits per heavy atom. The van der Waals surface area contributed by atoms with Crippen LogP contribution >= 0.6 is 0 Å². The number of methoxy groups -OCH3 is 1. The van der Waals surface area contributed by atoms with Crippen molar-refractivity contribution in [3.63, 3.8) is 0 Å². The molecule has 0 bridgehead atoms. The Labute approximate surface area is 165 Å². The number of hydrogen-bond donors (Lipinski definition) is 1. The maximum absolute atomic E-state index is 13.1. The monoisotopic (exact) mass is 384 g/mol. The number of piperidine rings is 1. The fourth-order valence-corrected chi connectivity index (χ4v) is 3.74. The zero-order chi connectivity index (χ0) is 20.1. The van der Waals surface area contributed by atoms with E-state index in [1.807, 2.05) is 49.0 Å². The number of benzene rings is 1. The van der Waals surface area contributed by atoms with Gasteiger partial charge in [0, 0.05) is 44.5 Å². The maximum Gasteiger partial charge on any atom is 0.225 e. The number of carbonyl (C=O) groups excluding carboxylic acids is 2. The molecule has 150 valence electrons. The third kappa shape index (κ3) is 4.18. The molecule has 2 unspecified atom stereocenters. The molecule has 7 heteroatoms. The van der Waals surface area contributed by atoms with Gasteiger partial charge in [0.25, 0.3) is 0 Å². The third-order valence-electron chi connectivity index (χ3n) is 5.30. The van der Waals surface area contributed by atoms with Gasteiger partial charge in [-0.3, -0.25) is 9.59 Å². The average molecular weight is 384 g/mol. The van der Waals surface area contributed by atoms with Gasteiger partial charge in [0.2, 0.25) is 11.8 Å². The first kappa shape index (κ1) is 19.9. The van der Waals surface area contributed by atoms with E-state index in [2.05, 4.69) is 10.3 Å². The highest BCUT2D eigenvalue weighted by molar-refractivity contribution is 5.82. The molecular weight excluding hydrogens is 356 g/mol. The number of ether oxygens (including phenoxy) is 1. The third-order valence-corrected chi connectivity index (χ3v) is 5.30. The predicted molar refractivity (Wildman–Crippen MR) is 106 cm³/mol. The molecule has 3 rings (SSSR count). The number of imidazole rings is 1. The summed E-state index contributed by atoms with van der Waals surface area (Å²) >= 11 is 0. The van der Waals surface area contributed by atoms with Gasteiger partial charge in [0.1, 0.15) is 17.6 Å². The summed E-state index contributed by atoms with van der Waals surface area (Å²) in [6.45, 7) is 3.05. The van der Waals surface area contributed by atoms with Crippen LogP contribution in [-0.2, 0) is 16.6 Å². The number of hydrogen-bond acceptors (Lipinski definition) is 4. The molecule has 0 saturated carbocycles. The highest BCUT2D eigenvalue weighted by atomic mass is 16.5. The molecule has 2 aromatic rings. The summed E-state index contributed by atoms with van der Waals surface area (Å²) in [6.07, 6.45) is 5.65. The normalized spacial score (nSPS) is 17.8. The van der Waals surface area contributed by atoms with Crippen LogP contribution in [-0.4, -0.2) is 46.5 Å². The summed E-state index contributed by atoms with van der Waals surface area (Å²) < 4.78 is 7.41. The smallest absolute Gasteiger partial charge is 0.225 e. The fraction of sp³-hybridized carbons (Fsp3) is 0.476. The highest BCUT2D eigenvalue weighted by Crippen LogP contribution is 2.30. The van der Waals surface area contributed by atoms with Gasteiger partial charge in [0.05, 0.1) is 13.0 Å². The van der Waals surface area contributed by atoms with Crippen LogP contribution in [0.15, 0.2) is 36.7 Å². The number of carbonyl (C=O) groups is 2. The lowest BCUT2D eigenvalue weighted by molar-refractivity contribution is -0.135. The number of aromatic nitrogens is 2. The average Bonchev–Trinajstić information content (AvgIpc) is 3.16. The minimum atomic E-state index is -0.430. The van der Waals surface area contributed by atoms with Gasteiger partial charge in [-0.25, -0.2) is 4.98 Å². The molecule has 1 aromatic heterocycles. The topological polar surface area (TPSA) is 76.5 Å². The minimum Gasteiger partial charge on any atom is -0.496 e. The van der Waals surface area contributed by atoms with Crippen LogP contribution in [0.3, 0.4) is 0 Å². The van der Waals surface area contributed by atoms with Crippen molar-refractivity contribution in [2.45, 2.75) is 32.2 Å². The van der Waals surface area contributed by atoms with E-state index < -0.39 is 6.04 Å². The van der Waals surface area contributed by atoms with Crippen LogP contribution in [0.5, 0.6) is 5.75 Å². The summed E-state index contributed by atoms with van der Waals surface area (Å²) in [4.78, 5) is 31.4. The van der Waals surface area contributed by atoms with Crippen LogP contribution < -0.4 is 10.1 Å². The number of rotatable bonds is 6. The van der Waals surface area contributed by atoms with E-state index in [9.17, 15) is 9.59 Å². The molecule has 1 aliphatic rings. The van der Waals surface area contributed by atoms with E-state index in [4.69, 9.17) is 4.74 Å². The standard InChI is InChI=1S/C21H28N4O3/c1-4-18(26)25-12-7-8-15(14-25)21(27)23-19(20-22-11-13-24(20)2)16-9-5-6-10-17(16)28-3/h5-6,9-11,13,15,19H,4,7-8,12,14H2,1-3H3,(H,23,27). The minimum absolute atomic E-state index is 0.0625. The Balaban J connectivity index is 1.85. The molecule has 2 amide bonds. The summed E-state index contributed by atoms with van der Waals surface area (Å²) in [5.41, 5.74) is 0.852. The molecule has 2 atom stereocenters. The zero-order valence-electron chi connectivity index (χ0n) is 16.7. The van der Waals surface area contributed by atoms with Crippen LogP contribution in [0, 0.1) is 5.92 Å². The summed E-state index contributed by atoms with van der Waals surface area (Å²) in [7, 11) is 3.52. The van der Waals surface area contributed by atoms with E-state index in [1.54, 1.807) is 18.2 Å². The van der Waals surface area contributed by atoms with E-state index in [1.165, 1.54) is 0 Å². The molecule has 7 nitrogen and oxygen atoms in total. The molecule has 28 heavy (non-hydrogen) atoms. The number of amides is 2. The maximum atomic E-state index is 13.1. The van der Waals surface area contributed by atoms with Gasteiger partial charge in [0.15, 0.2) is 0 Å². The van der Waals surface area contributed by atoms with Crippen molar-refractivity contribution >= 4 is 11.8 Å². The van der Waals surface area contributed by atoms with Crippen LogP contribution in [0.2, 0.25) is 0 Å². The summed E-state index contributed by atoms with van der Waals surface area (Å²) in [5.74, 6) is 1.24. The Bertz CT molecular complexity index is 833. The first-order valence-corrected chi connectivity index (χ1v) is 9.73. The largest absolute Gasteiger partial charge is 0.496 e. The van der Waals surface area contributed by atoms with Crippen molar-refractivity contribution in [1.29, 1.82) is 0 Å². The molecular formula is C21H28N4O3. The number of aryl methyl sites for hydroxylation is 1. The fourth-order valence-electron chi connectivity index (χ4n) is 3.74. The quantitative estimate of drug-likeness (QED) is 0.829. The van der Waals surface area contributed by atoms with Crippen LogP contribution in [0.1, 0.15) is 43.6 Å². The number of nitrogens with zero attached hydrogens (tertiary/aromatic N) is 3. The zero-order valence-corrected chi connectivity index (χ0v) is 16.7. The molecule has 0 radical (unpaired) electrons. The van der Waals surface area contributed by atoms with Gasteiger partial charge in [-0.1, -0.05) is 25.1 Å². The van der Waals surface area contributed by atoms with E-state index in [0.717, 1.165) is 30.8 Å². The lowest BCUT2D eigenvalue weighted by Gasteiger charge is -2.33. The summed E-state index contributed by atoms with van der Waals surface area (Å²) in [6, 6.07) is 7.20. The Hall–Kier alpha value is -2.83. The Morgan fingerprint density at radius 3 is 2.82 bits per heavy atom. The second-order valence-corrected chi connectivity index (χ2v) is 7.11. The van der Waals surface area contributed by atoms with E-state index in [-0.39, 0.29) is 17.7 Å². The van der Waals surface area contributed by atoms with Crippen molar-refractivity contribution in [2.75, 3.05) is 20.2 Å². The molecule has 1 N–H and O–H groups in total. The number of para-hydroxylation sites is 1. The molecule has 1 saturated heterocycles. The second kappa shape index (κ2) is 8.91. The highest BCUT2D eigenvalue weighted by Gasteiger charge is 2.31. The molecule has 0 spiro atoms. The Morgan fingerprint density at radius 2 is 2.14 bits per heavy atom. The SMILES string of the molecule is CCC(=O)N1CCCC(C(=O)NC(c2ccccc2OC)c2nccn2C)C1. The first-order valence-electron chi connectivity index (χ1n) is 9.73. The lowest BCUT2D eigenvalue weighted by Crippen LogP contribution is -2.46. The van der Waals surface area contributed by atoms with Crippen molar-refractivity contribution in [2.24, 2.45) is 13.0 Å². The van der Waals surface area contributed by atoms with Gasteiger partial charge in [-0.2, -0.15) is 0 Å². The van der Waals surface area contributed by atoms with Crippen LogP contribution in [0.4, 0.5) is 0 Å². The number of nitrogens with one attached hydrogen (secondary N) is 1. The molecule has 1 aliphatic heterocycles. The van der Waals surface area contributed by atoms with Crippen molar-refractivity contribution in [3.8, 4) is 5.75 Å². The lowest BCUT2D eigenvalue weighted by atomic mass is 9.95. The first-order chi connectivity index (χ1) is 13.5.